The van der Waals surface area contributed by atoms with Gasteiger partial charge in [-0.05, 0) is 71.8 Å². The molecule has 0 bridgehead atoms. The molecule has 2 fully saturated rings. The van der Waals surface area contributed by atoms with Crippen molar-refractivity contribution in [2.45, 2.75) is 57.5 Å². The predicted octanol–water partition coefficient (Wildman–Crippen LogP) is 1.39. The summed E-state index contributed by atoms with van der Waals surface area (Å²) in [6.07, 6.45) is 5.64. The first-order chi connectivity index (χ1) is 10.0. The van der Waals surface area contributed by atoms with E-state index in [0.717, 1.165) is 19.0 Å². The van der Waals surface area contributed by atoms with Gasteiger partial charge in [0.2, 0.25) is 0 Å². The molecule has 2 heterocycles. The molecular formula is C16H31N3O2. The van der Waals surface area contributed by atoms with Gasteiger partial charge in [-0.15, -0.1) is 0 Å². The quantitative estimate of drug-likeness (QED) is 0.709. The van der Waals surface area contributed by atoms with Crippen molar-refractivity contribution in [1.82, 2.24) is 15.1 Å². The Morgan fingerprint density at radius 2 is 2.05 bits per heavy atom. The van der Waals surface area contributed by atoms with Gasteiger partial charge < -0.3 is 15.3 Å². The summed E-state index contributed by atoms with van der Waals surface area (Å²) in [4.78, 5) is 16.5. The average molecular weight is 297 g/mol. The number of likely N-dealkylation sites (N-methyl/N-ethyl adjacent to an activating group) is 1. The van der Waals surface area contributed by atoms with Gasteiger partial charge in [-0.25, -0.2) is 0 Å². The highest BCUT2D eigenvalue weighted by Crippen LogP contribution is 2.21. The Kier molecular flexibility index (Phi) is 6.02. The molecule has 122 valence electrons. The highest BCUT2D eigenvalue weighted by atomic mass is 16.4. The van der Waals surface area contributed by atoms with Crippen molar-refractivity contribution in [3.8, 4) is 0 Å². The number of nitrogens with one attached hydrogen (secondary N) is 1. The minimum absolute atomic E-state index is 0.695. The number of nitrogens with zero attached hydrogens (tertiary/aromatic N) is 2. The van der Waals surface area contributed by atoms with Crippen molar-refractivity contribution in [2.24, 2.45) is 0 Å². The molecule has 2 N–H and O–H groups in total. The maximum atomic E-state index is 11.4. The van der Waals surface area contributed by atoms with E-state index in [-0.39, 0.29) is 0 Å². The Hall–Kier alpha value is -0.650. The first-order valence-corrected chi connectivity index (χ1v) is 8.50. The standard InChI is InChI=1S/C16H31N3O2/c1-3-17-16(2,15(20)21)8-6-9-18-12-7-14(13-18)19-10-4-5-11-19/h14,17H,3-13H2,1-2H3,(H,20,21). The second kappa shape index (κ2) is 7.56. The van der Waals surface area contributed by atoms with E-state index in [1.807, 2.05) is 6.92 Å². The molecule has 2 aliphatic heterocycles. The summed E-state index contributed by atoms with van der Waals surface area (Å²) >= 11 is 0. The molecule has 0 aliphatic carbocycles. The average Bonchev–Trinajstić information content (AvgIpc) is 3.09. The molecule has 0 aromatic rings. The number of carboxylic acid groups (broad SMARTS) is 1. The molecule has 2 unspecified atom stereocenters. The van der Waals surface area contributed by atoms with Crippen LogP contribution in [0.4, 0.5) is 0 Å². The van der Waals surface area contributed by atoms with Crippen LogP contribution in [0.1, 0.15) is 46.0 Å². The molecule has 0 aromatic carbocycles. The third-order valence-corrected chi connectivity index (χ3v) is 5.09. The lowest BCUT2D eigenvalue weighted by Crippen LogP contribution is -2.49. The van der Waals surface area contributed by atoms with Gasteiger partial charge in [0.1, 0.15) is 5.54 Å². The lowest BCUT2D eigenvalue weighted by Gasteiger charge is -2.27. The minimum Gasteiger partial charge on any atom is -0.480 e. The fraction of sp³-hybridized carbons (Fsp3) is 0.938. The molecule has 2 saturated heterocycles. The smallest absolute Gasteiger partial charge is 0.323 e. The Balaban J connectivity index is 1.70. The zero-order valence-electron chi connectivity index (χ0n) is 13.6. The van der Waals surface area contributed by atoms with Crippen molar-refractivity contribution in [1.29, 1.82) is 0 Å². The minimum atomic E-state index is -0.775. The molecule has 0 spiro atoms. The van der Waals surface area contributed by atoms with Crippen LogP contribution in [0.25, 0.3) is 0 Å². The summed E-state index contributed by atoms with van der Waals surface area (Å²) in [5.74, 6) is -0.735. The van der Waals surface area contributed by atoms with Gasteiger partial charge in [-0.3, -0.25) is 9.69 Å². The first kappa shape index (κ1) is 16.7. The van der Waals surface area contributed by atoms with Gasteiger partial charge in [0.05, 0.1) is 0 Å². The molecule has 0 saturated carbocycles. The van der Waals surface area contributed by atoms with Crippen LogP contribution >= 0.6 is 0 Å². The van der Waals surface area contributed by atoms with Crippen molar-refractivity contribution in [3.63, 3.8) is 0 Å². The monoisotopic (exact) mass is 297 g/mol. The maximum absolute atomic E-state index is 11.4. The number of rotatable bonds is 8. The van der Waals surface area contributed by atoms with Crippen LogP contribution in [0.2, 0.25) is 0 Å². The van der Waals surface area contributed by atoms with E-state index in [2.05, 4.69) is 15.1 Å². The molecule has 0 radical (unpaired) electrons. The molecular weight excluding hydrogens is 266 g/mol. The van der Waals surface area contributed by atoms with Crippen LogP contribution in [0, 0.1) is 0 Å². The molecule has 5 heteroatoms. The molecule has 0 aromatic heterocycles. The number of likely N-dealkylation sites (tertiary alicyclic amines) is 2. The number of carbonyl (C=O) groups is 1. The maximum Gasteiger partial charge on any atom is 0.323 e. The summed E-state index contributed by atoms with van der Waals surface area (Å²) < 4.78 is 0. The van der Waals surface area contributed by atoms with Gasteiger partial charge in [0.15, 0.2) is 0 Å². The van der Waals surface area contributed by atoms with Crippen LogP contribution in [0.3, 0.4) is 0 Å². The SMILES string of the molecule is CCNC(C)(CCCN1CCC(N2CCCC2)C1)C(=O)O. The predicted molar refractivity (Wildman–Crippen MR) is 84.6 cm³/mol. The topological polar surface area (TPSA) is 55.8 Å². The third-order valence-electron chi connectivity index (χ3n) is 5.09. The molecule has 21 heavy (non-hydrogen) atoms. The van der Waals surface area contributed by atoms with Gasteiger partial charge in [0, 0.05) is 12.6 Å². The lowest BCUT2D eigenvalue weighted by atomic mass is 9.96. The van der Waals surface area contributed by atoms with Crippen LogP contribution in [0.15, 0.2) is 0 Å². The second-order valence-corrected chi connectivity index (χ2v) is 6.76. The third kappa shape index (κ3) is 4.41. The summed E-state index contributed by atoms with van der Waals surface area (Å²) in [7, 11) is 0. The van der Waals surface area contributed by atoms with Crippen LogP contribution in [0.5, 0.6) is 0 Å². The van der Waals surface area contributed by atoms with E-state index < -0.39 is 11.5 Å². The molecule has 0 amide bonds. The van der Waals surface area contributed by atoms with Gasteiger partial charge >= 0.3 is 5.97 Å². The number of hydrogen-bond donors (Lipinski definition) is 2. The molecule has 5 nitrogen and oxygen atoms in total. The zero-order valence-corrected chi connectivity index (χ0v) is 13.6. The summed E-state index contributed by atoms with van der Waals surface area (Å²) in [6.45, 7) is 10.4. The van der Waals surface area contributed by atoms with E-state index in [4.69, 9.17) is 0 Å². The fourth-order valence-electron chi connectivity index (χ4n) is 3.74. The summed E-state index contributed by atoms with van der Waals surface area (Å²) in [5, 5.41) is 12.5. The Labute approximate surface area is 128 Å². The number of carboxylic acids is 1. The van der Waals surface area contributed by atoms with E-state index in [1.165, 1.54) is 45.4 Å². The van der Waals surface area contributed by atoms with E-state index in [1.54, 1.807) is 6.92 Å². The van der Waals surface area contributed by atoms with Crippen LogP contribution in [-0.2, 0) is 4.79 Å². The van der Waals surface area contributed by atoms with E-state index in [9.17, 15) is 9.90 Å². The normalized spacial score (nSPS) is 27.0. The van der Waals surface area contributed by atoms with Crippen LogP contribution < -0.4 is 5.32 Å². The highest BCUT2D eigenvalue weighted by molar-refractivity contribution is 5.78. The van der Waals surface area contributed by atoms with Crippen molar-refractivity contribution >= 4 is 5.97 Å². The Morgan fingerprint density at radius 1 is 1.33 bits per heavy atom. The lowest BCUT2D eigenvalue weighted by molar-refractivity contribution is -0.144. The molecule has 2 rings (SSSR count). The summed E-state index contributed by atoms with van der Waals surface area (Å²) in [5.41, 5.74) is -0.775. The highest BCUT2D eigenvalue weighted by Gasteiger charge is 2.33. The van der Waals surface area contributed by atoms with Gasteiger partial charge in [-0.1, -0.05) is 6.92 Å². The van der Waals surface area contributed by atoms with Crippen molar-refractivity contribution in [2.75, 3.05) is 39.3 Å². The van der Waals surface area contributed by atoms with E-state index >= 15 is 0 Å². The largest absolute Gasteiger partial charge is 0.480 e. The van der Waals surface area contributed by atoms with Crippen LogP contribution in [-0.4, -0.2) is 71.7 Å². The number of aliphatic carboxylic acids is 1. The fourth-order valence-corrected chi connectivity index (χ4v) is 3.74. The molecule has 2 atom stereocenters. The van der Waals surface area contributed by atoms with E-state index in [0.29, 0.717) is 13.0 Å². The van der Waals surface area contributed by atoms with Crippen molar-refractivity contribution < 1.29 is 9.90 Å². The van der Waals surface area contributed by atoms with Gasteiger partial charge in [-0.2, -0.15) is 0 Å². The number of hydrogen-bond acceptors (Lipinski definition) is 4. The first-order valence-electron chi connectivity index (χ1n) is 8.50. The van der Waals surface area contributed by atoms with Gasteiger partial charge in [0.25, 0.3) is 0 Å². The second-order valence-electron chi connectivity index (χ2n) is 6.76. The zero-order chi connectivity index (χ0) is 15.3. The summed E-state index contributed by atoms with van der Waals surface area (Å²) in [6, 6.07) is 0.743. The van der Waals surface area contributed by atoms with Crippen molar-refractivity contribution in [3.05, 3.63) is 0 Å². The molecule has 2 aliphatic rings. The Bertz CT molecular complexity index is 344. The Morgan fingerprint density at radius 3 is 2.67 bits per heavy atom.